The van der Waals surface area contributed by atoms with Crippen LogP contribution >= 0.6 is 0 Å². The maximum absolute atomic E-state index is 11.3. The fraction of sp³-hybridized carbons (Fsp3) is 0.188. The van der Waals surface area contributed by atoms with Crippen LogP contribution < -0.4 is 5.73 Å². The van der Waals surface area contributed by atoms with Crippen LogP contribution in [0.2, 0.25) is 0 Å². The molecule has 0 amide bonds. The molecule has 1 aromatic heterocycles. The monoisotopic (exact) mass is 269 g/mol. The van der Waals surface area contributed by atoms with Crippen LogP contribution in [0.5, 0.6) is 0 Å². The molecule has 0 fully saturated rings. The number of nitrogens with two attached hydrogens (primary N) is 1. The topological polar surface area (TPSA) is 65.5 Å². The maximum atomic E-state index is 11.3. The van der Waals surface area contributed by atoms with E-state index >= 15 is 0 Å². The highest BCUT2D eigenvalue weighted by Crippen LogP contribution is 2.29. The number of hydrogen-bond acceptors (Lipinski definition) is 4. The lowest BCUT2D eigenvalue weighted by atomic mass is 10.0. The van der Waals surface area contributed by atoms with Gasteiger partial charge in [-0.15, -0.1) is 0 Å². The smallest absolute Gasteiger partial charge is 0.322 e. The summed E-state index contributed by atoms with van der Waals surface area (Å²) in [6.45, 7) is 0. The molecule has 0 aliphatic carbocycles. The molecule has 0 saturated heterocycles. The average Bonchev–Trinajstić information content (AvgIpc) is 2.83. The van der Waals surface area contributed by atoms with Crippen molar-refractivity contribution in [3.8, 4) is 0 Å². The Kier molecular flexibility index (Phi) is 3.16. The lowest BCUT2D eigenvalue weighted by Crippen LogP contribution is -2.33. The van der Waals surface area contributed by atoms with Crippen molar-refractivity contribution in [1.82, 2.24) is 0 Å². The molecular weight excluding hydrogens is 254 g/mol. The Morgan fingerprint density at radius 1 is 1.20 bits per heavy atom. The summed E-state index contributed by atoms with van der Waals surface area (Å²) in [7, 11) is 1.34. The first-order chi connectivity index (χ1) is 9.69. The molecular formula is C16H15NO3. The van der Waals surface area contributed by atoms with Gasteiger partial charge in [-0.05, 0) is 24.1 Å². The highest BCUT2D eigenvalue weighted by Gasteiger charge is 2.15. The quantitative estimate of drug-likeness (QED) is 0.742. The number of hydrogen-bond donors (Lipinski definition) is 1. The van der Waals surface area contributed by atoms with Gasteiger partial charge in [-0.1, -0.05) is 30.3 Å². The van der Waals surface area contributed by atoms with Crippen LogP contribution in [0.3, 0.4) is 0 Å². The highest BCUT2D eigenvalue weighted by atomic mass is 16.5. The first-order valence-corrected chi connectivity index (χ1v) is 6.42. The summed E-state index contributed by atoms with van der Waals surface area (Å²) >= 11 is 0. The Bertz CT molecular complexity index is 776. The molecule has 0 spiro atoms. The van der Waals surface area contributed by atoms with Crippen molar-refractivity contribution in [2.45, 2.75) is 12.5 Å². The molecule has 1 heterocycles. The fourth-order valence-corrected chi connectivity index (χ4v) is 2.39. The second-order valence-corrected chi connectivity index (χ2v) is 4.76. The summed E-state index contributed by atoms with van der Waals surface area (Å²) in [4.78, 5) is 11.3. The van der Waals surface area contributed by atoms with Gasteiger partial charge in [0.05, 0.1) is 7.11 Å². The zero-order chi connectivity index (χ0) is 14.1. The molecule has 0 aliphatic heterocycles. The molecule has 0 radical (unpaired) electrons. The molecule has 4 nitrogen and oxygen atoms in total. The number of methoxy groups -OCH3 is 1. The van der Waals surface area contributed by atoms with Crippen LogP contribution in [0.25, 0.3) is 21.9 Å². The lowest BCUT2D eigenvalue weighted by Gasteiger charge is -2.08. The van der Waals surface area contributed by atoms with Crippen LogP contribution in [0, 0.1) is 0 Å². The zero-order valence-electron chi connectivity index (χ0n) is 11.1. The molecule has 0 aliphatic rings. The number of benzene rings is 2. The van der Waals surface area contributed by atoms with Gasteiger partial charge in [0.2, 0.25) is 0 Å². The number of carbonyl (C=O) groups excluding carboxylic acids is 1. The Hall–Kier alpha value is -2.33. The number of esters is 1. The number of para-hydroxylation sites is 1. The number of ether oxygens (including phenoxy) is 1. The maximum Gasteiger partial charge on any atom is 0.322 e. The largest absolute Gasteiger partial charge is 0.468 e. The van der Waals surface area contributed by atoms with E-state index in [2.05, 4.69) is 4.74 Å². The first kappa shape index (κ1) is 12.7. The van der Waals surface area contributed by atoms with E-state index in [1.165, 1.54) is 7.11 Å². The van der Waals surface area contributed by atoms with Crippen molar-refractivity contribution in [1.29, 1.82) is 0 Å². The Morgan fingerprint density at radius 3 is 2.75 bits per heavy atom. The van der Waals surface area contributed by atoms with Gasteiger partial charge in [-0.25, -0.2) is 0 Å². The minimum atomic E-state index is -0.651. The molecule has 102 valence electrons. The van der Waals surface area contributed by atoms with E-state index in [1.54, 1.807) is 0 Å². The summed E-state index contributed by atoms with van der Waals surface area (Å²) in [6, 6.07) is 13.1. The van der Waals surface area contributed by atoms with Crippen LogP contribution in [0.15, 0.2) is 46.9 Å². The third-order valence-corrected chi connectivity index (χ3v) is 3.40. The molecule has 20 heavy (non-hydrogen) atoms. The van der Waals surface area contributed by atoms with Gasteiger partial charge in [0, 0.05) is 10.8 Å². The van der Waals surface area contributed by atoms with Crippen molar-refractivity contribution < 1.29 is 13.9 Å². The molecule has 2 N–H and O–H groups in total. The van der Waals surface area contributed by atoms with Crippen LogP contribution in [0.1, 0.15) is 5.56 Å². The molecule has 2 aromatic carbocycles. The predicted octanol–water partition coefficient (Wildman–Crippen LogP) is 2.63. The Morgan fingerprint density at radius 2 is 1.95 bits per heavy atom. The van der Waals surface area contributed by atoms with Gasteiger partial charge in [0.25, 0.3) is 0 Å². The van der Waals surface area contributed by atoms with Crippen molar-refractivity contribution in [2.75, 3.05) is 7.11 Å². The minimum Gasteiger partial charge on any atom is -0.468 e. The standard InChI is InChI=1S/C16H15NO3/c1-19-16(18)13(17)8-10-6-7-12-11-4-2-3-5-14(11)20-15(12)9-10/h2-7,9,13H,8,17H2,1H3/t13-/m0/s1. The second kappa shape index (κ2) is 4.98. The van der Waals surface area contributed by atoms with Gasteiger partial charge in [0.15, 0.2) is 0 Å². The van der Waals surface area contributed by atoms with Crippen molar-refractivity contribution in [2.24, 2.45) is 5.73 Å². The second-order valence-electron chi connectivity index (χ2n) is 4.76. The van der Waals surface area contributed by atoms with E-state index in [0.29, 0.717) is 6.42 Å². The van der Waals surface area contributed by atoms with Crippen LogP contribution in [-0.2, 0) is 16.0 Å². The summed E-state index contributed by atoms with van der Waals surface area (Å²) in [6.07, 6.45) is 0.430. The SMILES string of the molecule is COC(=O)[C@@H](N)Cc1ccc2c(c1)oc1ccccc12. The van der Waals surface area contributed by atoms with E-state index in [1.807, 2.05) is 42.5 Å². The normalized spacial score (nSPS) is 12.7. The fourth-order valence-electron chi connectivity index (χ4n) is 2.39. The van der Waals surface area contributed by atoms with Crippen LogP contribution in [0.4, 0.5) is 0 Å². The van der Waals surface area contributed by atoms with Crippen molar-refractivity contribution in [3.05, 3.63) is 48.0 Å². The van der Waals surface area contributed by atoms with Crippen molar-refractivity contribution in [3.63, 3.8) is 0 Å². The van der Waals surface area contributed by atoms with E-state index < -0.39 is 12.0 Å². The molecule has 4 heteroatoms. The third kappa shape index (κ3) is 2.14. The Balaban J connectivity index is 1.98. The number of fused-ring (bicyclic) bond motifs is 3. The zero-order valence-corrected chi connectivity index (χ0v) is 11.1. The highest BCUT2D eigenvalue weighted by molar-refractivity contribution is 6.04. The van der Waals surface area contributed by atoms with Gasteiger partial charge in [-0.3, -0.25) is 4.79 Å². The summed E-state index contributed by atoms with van der Waals surface area (Å²) in [5, 5.41) is 2.15. The van der Waals surface area contributed by atoms with E-state index in [9.17, 15) is 4.79 Å². The van der Waals surface area contributed by atoms with E-state index in [0.717, 1.165) is 27.5 Å². The van der Waals surface area contributed by atoms with E-state index in [-0.39, 0.29) is 0 Å². The van der Waals surface area contributed by atoms with E-state index in [4.69, 9.17) is 10.2 Å². The molecule has 0 unspecified atom stereocenters. The summed E-state index contributed by atoms with van der Waals surface area (Å²) in [5.41, 5.74) is 8.39. The van der Waals surface area contributed by atoms with Gasteiger partial charge < -0.3 is 14.9 Å². The number of rotatable bonds is 3. The summed E-state index contributed by atoms with van der Waals surface area (Å²) < 4.78 is 10.4. The number of furan rings is 1. The lowest BCUT2D eigenvalue weighted by molar-refractivity contribution is -0.142. The molecule has 0 saturated carbocycles. The average molecular weight is 269 g/mol. The number of carbonyl (C=O) groups is 1. The van der Waals surface area contributed by atoms with Gasteiger partial charge >= 0.3 is 5.97 Å². The van der Waals surface area contributed by atoms with Gasteiger partial charge in [0.1, 0.15) is 17.2 Å². The third-order valence-electron chi connectivity index (χ3n) is 3.40. The molecule has 1 atom stereocenters. The predicted molar refractivity (Wildman–Crippen MR) is 77.4 cm³/mol. The molecule has 3 rings (SSSR count). The summed E-state index contributed by atoms with van der Waals surface area (Å²) in [5.74, 6) is -0.408. The van der Waals surface area contributed by atoms with Crippen molar-refractivity contribution >= 4 is 27.9 Å². The first-order valence-electron chi connectivity index (χ1n) is 6.42. The minimum absolute atomic E-state index is 0.408. The van der Waals surface area contributed by atoms with Gasteiger partial charge in [-0.2, -0.15) is 0 Å². The molecule has 3 aromatic rings. The van der Waals surface area contributed by atoms with Crippen LogP contribution in [-0.4, -0.2) is 19.1 Å². The Labute approximate surface area is 116 Å². The molecule has 0 bridgehead atoms.